The number of ether oxygens (including phenoxy) is 5. The molecular formula is C56H52N8O12. The molecule has 0 atom stereocenters. The maximum absolute atomic E-state index is 12.4. The Labute approximate surface area is 433 Å². The lowest BCUT2D eigenvalue weighted by Crippen LogP contribution is -2.09. The lowest BCUT2D eigenvalue weighted by molar-refractivity contribution is -0.140. The molecule has 4 heterocycles. The summed E-state index contributed by atoms with van der Waals surface area (Å²) in [6.07, 6.45) is 0. The number of nitrogens with zero attached hydrogens (tertiary/aromatic N) is 6. The van der Waals surface area contributed by atoms with Crippen molar-refractivity contribution in [1.82, 2.24) is 39.4 Å². The molecule has 388 valence electrons. The summed E-state index contributed by atoms with van der Waals surface area (Å²) < 4.78 is 39.0. The lowest BCUT2D eigenvalue weighted by atomic mass is 9.98. The molecule has 76 heavy (non-hydrogen) atoms. The standard InChI is InChI=1S/2C26H22N4O5.C4H8O2/c2*1-3-34-25-27-21-10-6-9-20(24(31)33-2)22(21)30(25)15-16-11-13-17(14-12-16)18-7-4-5-8-19(18)23-28-26(32)35-29-23;1-3-6-4(2)5/h2*4-14H,3,15H2,1-2H3,(H,28,29,32);3H2,1-2H3. The van der Waals surface area contributed by atoms with Crippen molar-refractivity contribution >= 4 is 40.0 Å². The summed E-state index contributed by atoms with van der Waals surface area (Å²) in [5.41, 5.74) is 10.7. The number of methoxy groups -OCH3 is 2. The predicted molar refractivity (Wildman–Crippen MR) is 281 cm³/mol. The highest BCUT2D eigenvalue weighted by Gasteiger charge is 2.22. The van der Waals surface area contributed by atoms with Crippen LogP contribution in [0.5, 0.6) is 12.0 Å². The highest BCUT2D eigenvalue weighted by atomic mass is 16.5. The molecule has 2 N–H and O–H groups in total. The summed E-state index contributed by atoms with van der Waals surface area (Å²) in [5.74, 6) is -1.54. The zero-order valence-electron chi connectivity index (χ0n) is 42.3. The van der Waals surface area contributed by atoms with Gasteiger partial charge < -0.3 is 23.7 Å². The van der Waals surface area contributed by atoms with Crippen LogP contribution in [0.2, 0.25) is 0 Å². The molecule has 0 saturated carbocycles. The van der Waals surface area contributed by atoms with Gasteiger partial charge in [-0.05, 0) is 78.4 Å². The Morgan fingerprint density at radius 1 is 0.513 bits per heavy atom. The molecule has 0 fully saturated rings. The number of para-hydroxylation sites is 2. The zero-order valence-corrected chi connectivity index (χ0v) is 42.3. The number of carbonyl (C=O) groups is 3. The van der Waals surface area contributed by atoms with Crippen LogP contribution in [0.4, 0.5) is 0 Å². The van der Waals surface area contributed by atoms with Gasteiger partial charge in [0.05, 0.1) is 80.3 Å². The van der Waals surface area contributed by atoms with Crippen LogP contribution in [0.25, 0.3) is 67.1 Å². The van der Waals surface area contributed by atoms with Crippen LogP contribution in [0, 0.1) is 0 Å². The van der Waals surface area contributed by atoms with E-state index in [9.17, 15) is 24.0 Å². The van der Waals surface area contributed by atoms with Gasteiger partial charge in [0.1, 0.15) is 0 Å². The number of aromatic amines is 2. The van der Waals surface area contributed by atoms with E-state index in [4.69, 9.17) is 18.9 Å². The van der Waals surface area contributed by atoms with Gasteiger partial charge in [-0.15, -0.1) is 0 Å². The Morgan fingerprint density at radius 2 is 0.908 bits per heavy atom. The topological polar surface area (TPSA) is 251 Å². The van der Waals surface area contributed by atoms with Gasteiger partial charge in [0.2, 0.25) is 0 Å². The third-order valence-electron chi connectivity index (χ3n) is 11.6. The van der Waals surface area contributed by atoms with E-state index in [2.05, 4.69) is 44.0 Å². The van der Waals surface area contributed by atoms with Crippen LogP contribution in [-0.4, -0.2) is 91.3 Å². The smallest absolute Gasteiger partial charge is 0.439 e. The van der Waals surface area contributed by atoms with Gasteiger partial charge in [0.15, 0.2) is 11.6 Å². The summed E-state index contributed by atoms with van der Waals surface area (Å²) in [5, 5.41) is 7.64. The van der Waals surface area contributed by atoms with Crippen LogP contribution in [0.1, 0.15) is 59.5 Å². The number of hydrogen-bond donors (Lipinski definition) is 2. The fraction of sp³-hybridized carbons (Fsp3) is 0.196. The Bertz CT molecular complexity index is 3520. The van der Waals surface area contributed by atoms with Gasteiger partial charge >= 0.3 is 29.4 Å². The van der Waals surface area contributed by atoms with Crippen molar-refractivity contribution in [3.8, 4) is 57.1 Å². The normalized spacial score (nSPS) is 10.8. The molecule has 20 nitrogen and oxygen atoms in total. The minimum Gasteiger partial charge on any atom is -0.466 e. The molecular weight excluding hydrogens is 977 g/mol. The molecule has 0 unspecified atom stereocenters. The first-order chi connectivity index (χ1) is 36.9. The second-order valence-corrected chi connectivity index (χ2v) is 16.5. The molecule has 0 radical (unpaired) electrons. The van der Waals surface area contributed by atoms with Crippen LogP contribution in [-0.2, 0) is 32.1 Å². The fourth-order valence-electron chi connectivity index (χ4n) is 8.37. The van der Waals surface area contributed by atoms with Crippen LogP contribution in [0.15, 0.2) is 152 Å². The molecule has 0 aliphatic rings. The minimum atomic E-state index is -0.603. The number of hydrogen-bond acceptors (Lipinski definition) is 16. The second-order valence-electron chi connectivity index (χ2n) is 16.5. The van der Waals surface area contributed by atoms with Gasteiger partial charge in [-0.25, -0.2) is 19.2 Å². The summed E-state index contributed by atoms with van der Waals surface area (Å²) in [7, 11) is 2.72. The van der Waals surface area contributed by atoms with E-state index in [1.807, 2.05) is 132 Å². The van der Waals surface area contributed by atoms with E-state index >= 15 is 0 Å². The highest BCUT2D eigenvalue weighted by Crippen LogP contribution is 2.33. The molecule has 0 saturated heterocycles. The lowest BCUT2D eigenvalue weighted by Gasteiger charge is -2.12. The monoisotopic (exact) mass is 1030 g/mol. The van der Waals surface area contributed by atoms with E-state index in [1.165, 1.54) is 21.1 Å². The van der Waals surface area contributed by atoms with Gasteiger partial charge in [-0.2, -0.15) is 9.97 Å². The first-order valence-corrected chi connectivity index (χ1v) is 24.0. The third kappa shape index (κ3) is 11.8. The van der Waals surface area contributed by atoms with E-state index in [1.54, 1.807) is 31.2 Å². The molecule has 0 amide bonds. The number of carbonyl (C=O) groups excluding carboxylic acids is 3. The van der Waals surface area contributed by atoms with E-state index in [0.717, 1.165) is 44.5 Å². The van der Waals surface area contributed by atoms with Crippen molar-refractivity contribution < 1.29 is 47.1 Å². The van der Waals surface area contributed by atoms with Crippen LogP contribution in [0.3, 0.4) is 0 Å². The number of aromatic nitrogens is 8. The number of benzene rings is 6. The third-order valence-corrected chi connectivity index (χ3v) is 11.6. The van der Waals surface area contributed by atoms with Crippen molar-refractivity contribution in [2.24, 2.45) is 0 Å². The number of fused-ring (bicyclic) bond motifs is 2. The summed E-state index contributed by atoms with van der Waals surface area (Å²) in [4.78, 5) is 71.9. The summed E-state index contributed by atoms with van der Waals surface area (Å²) in [6, 6.07) is 42.8. The first kappa shape index (κ1) is 52.5. The Hall–Kier alpha value is -9.85. The number of esters is 3. The van der Waals surface area contributed by atoms with E-state index < -0.39 is 23.5 Å². The largest absolute Gasteiger partial charge is 0.466 e. The average Bonchev–Trinajstić information content (AvgIpc) is 4.25. The quantitative estimate of drug-likeness (QED) is 0.0717. The van der Waals surface area contributed by atoms with Crippen molar-refractivity contribution in [2.75, 3.05) is 34.0 Å². The Balaban J connectivity index is 0.000000182. The summed E-state index contributed by atoms with van der Waals surface area (Å²) in [6.45, 7) is 9.20. The predicted octanol–water partition coefficient (Wildman–Crippen LogP) is 9.13. The van der Waals surface area contributed by atoms with Gasteiger partial charge in [-0.3, -0.25) is 32.9 Å². The minimum absolute atomic E-state index is 0.211. The Kier molecular flexibility index (Phi) is 16.7. The van der Waals surface area contributed by atoms with E-state index in [0.29, 0.717) is 89.8 Å². The van der Waals surface area contributed by atoms with Crippen molar-refractivity contribution in [3.05, 3.63) is 177 Å². The Morgan fingerprint density at radius 3 is 1.22 bits per heavy atom. The molecule has 0 aliphatic heterocycles. The van der Waals surface area contributed by atoms with E-state index in [-0.39, 0.29) is 5.97 Å². The van der Waals surface area contributed by atoms with Crippen LogP contribution < -0.4 is 21.0 Å². The molecule has 0 bridgehead atoms. The molecule has 6 aromatic carbocycles. The van der Waals surface area contributed by atoms with Gasteiger partial charge in [-0.1, -0.05) is 120 Å². The van der Waals surface area contributed by atoms with Crippen LogP contribution >= 0.6 is 0 Å². The second kappa shape index (κ2) is 24.2. The molecule has 4 aromatic heterocycles. The molecule has 0 spiro atoms. The maximum atomic E-state index is 12.4. The molecule has 10 aromatic rings. The van der Waals surface area contributed by atoms with Crippen molar-refractivity contribution in [2.45, 2.75) is 40.8 Å². The SMILES string of the molecule is CCOC(C)=O.CCOc1nc2cccc(C(=O)OC)c2n1Cc1ccc(-c2ccccc2-c2noc(=O)[nH]2)cc1.CCOc1nc2cccc(C(=O)OC)c2n1Cc1ccc(-c2ccccc2-c2noc(=O)[nH]2)cc1. The number of imidazole rings is 2. The number of rotatable bonds is 15. The molecule has 0 aliphatic carbocycles. The fourth-order valence-corrected chi connectivity index (χ4v) is 8.37. The maximum Gasteiger partial charge on any atom is 0.439 e. The zero-order chi connectivity index (χ0) is 53.7. The van der Waals surface area contributed by atoms with Gasteiger partial charge in [0, 0.05) is 18.1 Å². The summed E-state index contributed by atoms with van der Waals surface area (Å²) >= 11 is 0. The molecule has 20 heteroatoms. The number of nitrogens with one attached hydrogen (secondary N) is 2. The van der Waals surface area contributed by atoms with Crippen molar-refractivity contribution in [1.29, 1.82) is 0 Å². The number of H-pyrrole nitrogens is 2. The molecule has 10 rings (SSSR count). The highest BCUT2D eigenvalue weighted by molar-refractivity contribution is 6.03. The van der Waals surface area contributed by atoms with Gasteiger partial charge in [0.25, 0.3) is 12.0 Å². The first-order valence-electron chi connectivity index (χ1n) is 24.0. The van der Waals surface area contributed by atoms with Crippen molar-refractivity contribution in [3.63, 3.8) is 0 Å². The average molecular weight is 1030 g/mol.